The highest BCUT2D eigenvalue weighted by Crippen LogP contribution is 2.14. The van der Waals surface area contributed by atoms with E-state index in [4.69, 9.17) is 0 Å². The van der Waals surface area contributed by atoms with E-state index in [1.807, 2.05) is 30.3 Å². The Kier molecular flexibility index (Phi) is 4.87. The van der Waals surface area contributed by atoms with Crippen molar-refractivity contribution in [2.24, 2.45) is 0 Å². The van der Waals surface area contributed by atoms with Crippen LogP contribution in [-0.4, -0.2) is 29.0 Å². The molecule has 0 radical (unpaired) electrons. The molecule has 0 bridgehead atoms. The van der Waals surface area contributed by atoms with Crippen LogP contribution in [0.4, 0.5) is 11.5 Å². The SMILES string of the molecule is CCC(C)Nc1cnc(C(=O)N(C)c2ccccc2)cn1. The summed E-state index contributed by atoms with van der Waals surface area (Å²) >= 11 is 0. The highest BCUT2D eigenvalue weighted by molar-refractivity contribution is 6.04. The van der Waals surface area contributed by atoms with Crippen molar-refractivity contribution in [3.63, 3.8) is 0 Å². The summed E-state index contributed by atoms with van der Waals surface area (Å²) in [5.74, 6) is 0.507. The normalized spacial score (nSPS) is 11.8. The summed E-state index contributed by atoms with van der Waals surface area (Å²) in [7, 11) is 1.73. The molecule has 0 saturated heterocycles. The van der Waals surface area contributed by atoms with E-state index in [-0.39, 0.29) is 5.91 Å². The smallest absolute Gasteiger partial charge is 0.278 e. The number of rotatable bonds is 5. The van der Waals surface area contributed by atoms with Gasteiger partial charge >= 0.3 is 0 Å². The number of para-hydroxylation sites is 1. The maximum absolute atomic E-state index is 12.3. The predicted octanol–water partition coefficient (Wildman–Crippen LogP) is 2.96. The van der Waals surface area contributed by atoms with Crippen molar-refractivity contribution in [2.45, 2.75) is 26.3 Å². The topological polar surface area (TPSA) is 58.1 Å². The summed E-state index contributed by atoms with van der Waals surface area (Å²) in [5, 5.41) is 3.22. The van der Waals surface area contributed by atoms with Gasteiger partial charge in [0.05, 0.1) is 12.4 Å². The lowest BCUT2D eigenvalue weighted by Gasteiger charge is -2.17. The molecule has 0 aliphatic heterocycles. The first-order chi connectivity index (χ1) is 10.1. The molecule has 1 aromatic carbocycles. The number of amides is 1. The average Bonchev–Trinajstić information content (AvgIpc) is 2.55. The molecule has 1 N–H and O–H groups in total. The number of carbonyl (C=O) groups is 1. The minimum Gasteiger partial charge on any atom is -0.366 e. The first kappa shape index (κ1) is 15.0. The second kappa shape index (κ2) is 6.83. The molecule has 0 saturated carbocycles. The Hall–Kier alpha value is -2.43. The number of hydrogen-bond donors (Lipinski definition) is 1. The van der Waals surface area contributed by atoms with E-state index in [9.17, 15) is 4.79 Å². The van der Waals surface area contributed by atoms with Crippen LogP contribution in [0, 0.1) is 0 Å². The summed E-state index contributed by atoms with van der Waals surface area (Å²) in [6, 6.07) is 9.78. The minimum atomic E-state index is -0.177. The van der Waals surface area contributed by atoms with Crippen LogP contribution in [0.15, 0.2) is 42.7 Å². The molecule has 21 heavy (non-hydrogen) atoms. The molecule has 1 unspecified atom stereocenters. The van der Waals surface area contributed by atoms with Crippen molar-refractivity contribution in [2.75, 3.05) is 17.3 Å². The molecule has 2 rings (SSSR count). The van der Waals surface area contributed by atoms with Gasteiger partial charge in [0.2, 0.25) is 0 Å². The molecule has 1 heterocycles. The summed E-state index contributed by atoms with van der Waals surface area (Å²) in [6.07, 6.45) is 4.10. The molecule has 2 aromatic rings. The molecule has 5 heteroatoms. The molecule has 0 aliphatic rings. The van der Waals surface area contributed by atoms with E-state index in [1.54, 1.807) is 18.1 Å². The van der Waals surface area contributed by atoms with Crippen LogP contribution in [-0.2, 0) is 0 Å². The van der Waals surface area contributed by atoms with E-state index in [2.05, 4.69) is 29.1 Å². The maximum Gasteiger partial charge on any atom is 0.278 e. The van der Waals surface area contributed by atoms with Crippen LogP contribution in [0.1, 0.15) is 30.8 Å². The first-order valence-corrected chi connectivity index (χ1v) is 7.03. The quantitative estimate of drug-likeness (QED) is 0.917. The minimum absolute atomic E-state index is 0.177. The average molecular weight is 284 g/mol. The van der Waals surface area contributed by atoms with Gasteiger partial charge in [-0.3, -0.25) is 4.79 Å². The zero-order valence-corrected chi connectivity index (χ0v) is 12.6. The molecule has 1 amide bonds. The van der Waals surface area contributed by atoms with Gasteiger partial charge in [-0.2, -0.15) is 0 Å². The summed E-state index contributed by atoms with van der Waals surface area (Å²) in [6.45, 7) is 4.17. The van der Waals surface area contributed by atoms with Crippen LogP contribution >= 0.6 is 0 Å². The van der Waals surface area contributed by atoms with E-state index < -0.39 is 0 Å². The molecule has 1 atom stereocenters. The van der Waals surface area contributed by atoms with Gasteiger partial charge in [-0.25, -0.2) is 9.97 Å². The van der Waals surface area contributed by atoms with Gasteiger partial charge in [0, 0.05) is 18.8 Å². The van der Waals surface area contributed by atoms with E-state index in [1.165, 1.54) is 6.20 Å². The number of hydrogen-bond acceptors (Lipinski definition) is 4. The number of nitrogens with one attached hydrogen (secondary N) is 1. The monoisotopic (exact) mass is 284 g/mol. The van der Waals surface area contributed by atoms with Gasteiger partial charge < -0.3 is 10.2 Å². The van der Waals surface area contributed by atoms with E-state index in [0.29, 0.717) is 17.6 Å². The summed E-state index contributed by atoms with van der Waals surface area (Å²) in [4.78, 5) is 22.3. The Morgan fingerprint density at radius 2 is 1.95 bits per heavy atom. The number of carbonyl (C=O) groups excluding carboxylic acids is 1. The van der Waals surface area contributed by atoms with Crippen LogP contribution in [0.5, 0.6) is 0 Å². The summed E-state index contributed by atoms with van der Waals surface area (Å²) in [5.41, 5.74) is 1.15. The fourth-order valence-electron chi connectivity index (χ4n) is 1.81. The van der Waals surface area contributed by atoms with Crippen molar-refractivity contribution in [3.8, 4) is 0 Å². The highest BCUT2D eigenvalue weighted by Gasteiger charge is 2.15. The second-order valence-corrected chi connectivity index (χ2v) is 4.94. The van der Waals surface area contributed by atoms with Crippen molar-refractivity contribution >= 4 is 17.4 Å². The Morgan fingerprint density at radius 1 is 1.24 bits per heavy atom. The number of aromatic nitrogens is 2. The predicted molar refractivity (Wildman–Crippen MR) is 84.6 cm³/mol. The lowest BCUT2D eigenvalue weighted by molar-refractivity contribution is 0.0988. The highest BCUT2D eigenvalue weighted by atomic mass is 16.2. The number of nitrogens with zero attached hydrogens (tertiary/aromatic N) is 3. The number of benzene rings is 1. The zero-order chi connectivity index (χ0) is 15.2. The van der Waals surface area contributed by atoms with Crippen molar-refractivity contribution in [1.29, 1.82) is 0 Å². The van der Waals surface area contributed by atoms with Crippen LogP contribution in [0.2, 0.25) is 0 Å². The third kappa shape index (κ3) is 3.78. The zero-order valence-electron chi connectivity index (χ0n) is 12.6. The lowest BCUT2D eigenvalue weighted by atomic mass is 10.2. The molecule has 5 nitrogen and oxygen atoms in total. The van der Waals surface area contributed by atoms with Gasteiger partial charge in [0.1, 0.15) is 11.5 Å². The van der Waals surface area contributed by atoms with Crippen LogP contribution in [0.25, 0.3) is 0 Å². The van der Waals surface area contributed by atoms with Crippen molar-refractivity contribution in [3.05, 3.63) is 48.4 Å². The fourth-order valence-corrected chi connectivity index (χ4v) is 1.81. The molecular formula is C16H20N4O. The molecular weight excluding hydrogens is 264 g/mol. The van der Waals surface area contributed by atoms with E-state index in [0.717, 1.165) is 12.1 Å². The van der Waals surface area contributed by atoms with Gasteiger partial charge in [-0.05, 0) is 25.5 Å². The van der Waals surface area contributed by atoms with Gasteiger partial charge in [-0.1, -0.05) is 25.1 Å². The molecule has 0 spiro atoms. The van der Waals surface area contributed by atoms with Gasteiger partial charge in [0.15, 0.2) is 0 Å². The Bertz CT molecular complexity index is 583. The van der Waals surface area contributed by atoms with Crippen LogP contribution < -0.4 is 10.2 Å². The molecule has 1 aromatic heterocycles. The Balaban J connectivity index is 2.09. The second-order valence-electron chi connectivity index (χ2n) is 4.94. The molecule has 110 valence electrons. The maximum atomic E-state index is 12.3. The third-order valence-corrected chi connectivity index (χ3v) is 3.33. The van der Waals surface area contributed by atoms with E-state index >= 15 is 0 Å². The van der Waals surface area contributed by atoms with Gasteiger partial charge in [-0.15, -0.1) is 0 Å². The van der Waals surface area contributed by atoms with Crippen molar-refractivity contribution < 1.29 is 4.79 Å². The van der Waals surface area contributed by atoms with Crippen molar-refractivity contribution in [1.82, 2.24) is 9.97 Å². The standard InChI is InChI=1S/C16H20N4O/c1-4-12(2)19-15-11-17-14(10-18-15)16(21)20(3)13-8-6-5-7-9-13/h5-12H,4H2,1-3H3,(H,18,19). The number of anilines is 2. The Morgan fingerprint density at radius 3 is 2.52 bits per heavy atom. The first-order valence-electron chi connectivity index (χ1n) is 7.03. The molecule has 0 fully saturated rings. The lowest BCUT2D eigenvalue weighted by Crippen LogP contribution is -2.27. The fraction of sp³-hybridized carbons (Fsp3) is 0.312. The largest absolute Gasteiger partial charge is 0.366 e. The van der Waals surface area contributed by atoms with Crippen LogP contribution in [0.3, 0.4) is 0 Å². The summed E-state index contributed by atoms with van der Waals surface area (Å²) < 4.78 is 0. The van der Waals surface area contributed by atoms with Gasteiger partial charge in [0.25, 0.3) is 5.91 Å². The third-order valence-electron chi connectivity index (χ3n) is 3.33. The molecule has 0 aliphatic carbocycles. The Labute approximate surface area is 125 Å².